The molecule has 0 amide bonds. The Morgan fingerprint density at radius 3 is 2.75 bits per heavy atom. The standard InChI is InChI=1S/C15H23N3O2/c1-13(14-7-2-3-8-15(14)18(19)20)16-9-6-12-17-10-4-5-11-17/h2-3,7-8,13,16H,4-6,9-12H2,1H3. The van der Waals surface area contributed by atoms with Gasteiger partial charge in [-0.25, -0.2) is 0 Å². The van der Waals surface area contributed by atoms with Crippen LogP contribution in [0.4, 0.5) is 5.69 Å². The molecule has 0 aromatic heterocycles. The lowest BCUT2D eigenvalue weighted by Crippen LogP contribution is -2.26. The molecule has 5 heteroatoms. The molecular weight excluding hydrogens is 254 g/mol. The molecule has 1 unspecified atom stereocenters. The molecule has 1 heterocycles. The van der Waals surface area contributed by atoms with Gasteiger partial charge in [0.1, 0.15) is 0 Å². The van der Waals surface area contributed by atoms with E-state index in [4.69, 9.17) is 0 Å². The molecule has 0 radical (unpaired) electrons. The third-order valence-corrected chi connectivity index (χ3v) is 3.90. The van der Waals surface area contributed by atoms with E-state index < -0.39 is 0 Å². The van der Waals surface area contributed by atoms with Crippen LogP contribution in [-0.2, 0) is 0 Å². The number of rotatable bonds is 7. The van der Waals surface area contributed by atoms with Gasteiger partial charge in [-0.3, -0.25) is 10.1 Å². The number of likely N-dealkylation sites (tertiary alicyclic amines) is 1. The van der Waals surface area contributed by atoms with Gasteiger partial charge in [-0.1, -0.05) is 18.2 Å². The number of nitro benzene ring substituents is 1. The van der Waals surface area contributed by atoms with Crippen LogP contribution in [0, 0.1) is 10.1 Å². The Kier molecular flexibility index (Phi) is 5.49. The lowest BCUT2D eigenvalue weighted by atomic mass is 10.1. The summed E-state index contributed by atoms with van der Waals surface area (Å²) in [7, 11) is 0. The van der Waals surface area contributed by atoms with Crippen LogP contribution in [0.1, 0.15) is 37.8 Å². The lowest BCUT2D eigenvalue weighted by Gasteiger charge is -2.17. The van der Waals surface area contributed by atoms with Gasteiger partial charge in [0, 0.05) is 17.7 Å². The second kappa shape index (κ2) is 7.36. The zero-order valence-electron chi connectivity index (χ0n) is 12.0. The maximum atomic E-state index is 11.0. The predicted octanol–water partition coefficient (Wildman–Crippen LogP) is 2.73. The van der Waals surface area contributed by atoms with Crippen molar-refractivity contribution >= 4 is 5.69 Å². The molecule has 1 N–H and O–H groups in total. The molecule has 1 aliphatic rings. The smallest absolute Gasteiger partial charge is 0.274 e. The summed E-state index contributed by atoms with van der Waals surface area (Å²) in [5, 5.41) is 14.4. The third kappa shape index (κ3) is 4.02. The van der Waals surface area contributed by atoms with E-state index in [0.717, 1.165) is 25.1 Å². The topological polar surface area (TPSA) is 58.4 Å². The van der Waals surface area contributed by atoms with Gasteiger partial charge in [-0.2, -0.15) is 0 Å². The maximum Gasteiger partial charge on any atom is 0.274 e. The summed E-state index contributed by atoms with van der Waals surface area (Å²) in [6, 6.07) is 6.97. The molecule has 0 saturated carbocycles. The predicted molar refractivity (Wildman–Crippen MR) is 79.8 cm³/mol. The number of para-hydroxylation sites is 1. The highest BCUT2D eigenvalue weighted by atomic mass is 16.6. The van der Waals surface area contributed by atoms with E-state index in [-0.39, 0.29) is 16.7 Å². The third-order valence-electron chi connectivity index (χ3n) is 3.90. The fourth-order valence-corrected chi connectivity index (χ4v) is 2.76. The van der Waals surface area contributed by atoms with E-state index in [1.54, 1.807) is 12.1 Å². The molecule has 1 atom stereocenters. The number of hydrogen-bond acceptors (Lipinski definition) is 4. The van der Waals surface area contributed by atoms with E-state index in [2.05, 4.69) is 10.2 Å². The minimum atomic E-state index is -0.308. The second-order valence-electron chi connectivity index (χ2n) is 5.39. The van der Waals surface area contributed by atoms with Crippen molar-refractivity contribution < 1.29 is 4.92 Å². The summed E-state index contributed by atoms with van der Waals surface area (Å²) in [5.41, 5.74) is 0.964. The lowest BCUT2D eigenvalue weighted by molar-refractivity contribution is -0.385. The Morgan fingerprint density at radius 2 is 2.05 bits per heavy atom. The van der Waals surface area contributed by atoms with Crippen LogP contribution >= 0.6 is 0 Å². The zero-order chi connectivity index (χ0) is 14.4. The number of nitrogens with one attached hydrogen (secondary N) is 1. The highest BCUT2D eigenvalue weighted by Crippen LogP contribution is 2.24. The van der Waals surface area contributed by atoms with Crippen LogP contribution in [-0.4, -0.2) is 36.0 Å². The monoisotopic (exact) mass is 277 g/mol. The Bertz CT molecular complexity index is 444. The molecule has 110 valence electrons. The number of nitrogens with zero attached hydrogens (tertiary/aromatic N) is 2. The first-order chi connectivity index (χ1) is 9.68. The Labute approximate surface area is 120 Å². The van der Waals surface area contributed by atoms with Crippen molar-refractivity contribution in [3.63, 3.8) is 0 Å². The summed E-state index contributed by atoms with van der Waals surface area (Å²) >= 11 is 0. The first-order valence-corrected chi connectivity index (χ1v) is 7.37. The van der Waals surface area contributed by atoms with Crippen LogP contribution < -0.4 is 5.32 Å². The molecule has 0 bridgehead atoms. The van der Waals surface area contributed by atoms with Crippen molar-refractivity contribution in [2.75, 3.05) is 26.2 Å². The molecular formula is C15H23N3O2. The molecule has 2 rings (SSSR count). The van der Waals surface area contributed by atoms with Gasteiger partial charge >= 0.3 is 0 Å². The minimum absolute atomic E-state index is 0.00942. The zero-order valence-corrected chi connectivity index (χ0v) is 12.0. The van der Waals surface area contributed by atoms with Gasteiger partial charge < -0.3 is 10.2 Å². The van der Waals surface area contributed by atoms with Crippen molar-refractivity contribution in [1.82, 2.24) is 10.2 Å². The van der Waals surface area contributed by atoms with E-state index in [1.807, 2.05) is 19.1 Å². The molecule has 20 heavy (non-hydrogen) atoms. The first kappa shape index (κ1) is 14.9. The van der Waals surface area contributed by atoms with Crippen LogP contribution in [0.25, 0.3) is 0 Å². The molecule has 1 fully saturated rings. The number of benzene rings is 1. The summed E-state index contributed by atoms with van der Waals surface area (Å²) < 4.78 is 0. The van der Waals surface area contributed by atoms with E-state index >= 15 is 0 Å². The van der Waals surface area contributed by atoms with Crippen molar-refractivity contribution in [2.24, 2.45) is 0 Å². The fraction of sp³-hybridized carbons (Fsp3) is 0.600. The normalized spacial score (nSPS) is 17.2. The minimum Gasteiger partial charge on any atom is -0.310 e. The summed E-state index contributed by atoms with van der Waals surface area (Å²) in [6.45, 7) is 6.44. The maximum absolute atomic E-state index is 11.0. The van der Waals surface area contributed by atoms with E-state index in [9.17, 15) is 10.1 Å². The molecule has 1 aromatic rings. The summed E-state index contributed by atoms with van der Waals surface area (Å²) in [5.74, 6) is 0. The van der Waals surface area contributed by atoms with Gasteiger partial charge in [-0.15, -0.1) is 0 Å². The van der Waals surface area contributed by atoms with Crippen LogP contribution in [0.2, 0.25) is 0 Å². The molecule has 1 aliphatic heterocycles. The van der Waals surface area contributed by atoms with Gasteiger partial charge in [0.2, 0.25) is 0 Å². The average molecular weight is 277 g/mol. The number of nitro groups is 1. The molecule has 0 spiro atoms. The van der Waals surface area contributed by atoms with Gasteiger partial charge in [0.25, 0.3) is 5.69 Å². The van der Waals surface area contributed by atoms with Crippen molar-refractivity contribution in [3.05, 3.63) is 39.9 Å². The van der Waals surface area contributed by atoms with E-state index in [1.165, 1.54) is 25.9 Å². The SMILES string of the molecule is CC(NCCCN1CCCC1)c1ccccc1[N+](=O)[O-]. The average Bonchev–Trinajstić information content (AvgIpc) is 2.96. The van der Waals surface area contributed by atoms with Crippen molar-refractivity contribution in [3.8, 4) is 0 Å². The molecule has 0 aliphatic carbocycles. The Morgan fingerprint density at radius 1 is 1.35 bits per heavy atom. The summed E-state index contributed by atoms with van der Waals surface area (Å²) in [6.07, 6.45) is 3.73. The second-order valence-corrected chi connectivity index (χ2v) is 5.39. The molecule has 1 aromatic carbocycles. The van der Waals surface area contributed by atoms with Crippen LogP contribution in [0.5, 0.6) is 0 Å². The van der Waals surface area contributed by atoms with Gasteiger partial charge in [0.15, 0.2) is 0 Å². The fourth-order valence-electron chi connectivity index (χ4n) is 2.76. The highest BCUT2D eigenvalue weighted by molar-refractivity contribution is 5.41. The number of hydrogen-bond donors (Lipinski definition) is 1. The molecule has 5 nitrogen and oxygen atoms in total. The van der Waals surface area contributed by atoms with Crippen LogP contribution in [0.3, 0.4) is 0 Å². The van der Waals surface area contributed by atoms with Crippen LogP contribution in [0.15, 0.2) is 24.3 Å². The quantitative estimate of drug-likeness (QED) is 0.473. The van der Waals surface area contributed by atoms with Gasteiger partial charge in [-0.05, 0) is 52.4 Å². The summed E-state index contributed by atoms with van der Waals surface area (Å²) in [4.78, 5) is 13.2. The highest BCUT2D eigenvalue weighted by Gasteiger charge is 2.17. The van der Waals surface area contributed by atoms with Crippen molar-refractivity contribution in [2.45, 2.75) is 32.2 Å². The molecule has 1 saturated heterocycles. The van der Waals surface area contributed by atoms with Gasteiger partial charge in [0.05, 0.1) is 4.92 Å². The Hall–Kier alpha value is -1.46. The van der Waals surface area contributed by atoms with E-state index in [0.29, 0.717) is 0 Å². The largest absolute Gasteiger partial charge is 0.310 e. The Balaban J connectivity index is 1.79. The first-order valence-electron chi connectivity index (χ1n) is 7.37. The van der Waals surface area contributed by atoms with Crippen molar-refractivity contribution in [1.29, 1.82) is 0 Å².